The SMILES string of the molecule is N#CCC(O)C(O)c1cnc(Cl)c(F)c1. The lowest BCUT2D eigenvalue weighted by Gasteiger charge is -2.15. The Morgan fingerprint density at radius 3 is 2.80 bits per heavy atom. The van der Waals surface area contributed by atoms with Crippen molar-refractivity contribution in [2.45, 2.75) is 18.6 Å². The van der Waals surface area contributed by atoms with Crippen LogP contribution in [0.15, 0.2) is 12.3 Å². The normalized spacial score (nSPS) is 14.3. The van der Waals surface area contributed by atoms with E-state index in [0.717, 1.165) is 12.3 Å². The van der Waals surface area contributed by atoms with Gasteiger partial charge in [-0.2, -0.15) is 5.26 Å². The summed E-state index contributed by atoms with van der Waals surface area (Å²) in [6.07, 6.45) is -1.71. The van der Waals surface area contributed by atoms with E-state index >= 15 is 0 Å². The highest BCUT2D eigenvalue weighted by molar-refractivity contribution is 6.29. The topological polar surface area (TPSA) is 77.1 Å². The Balaban J connectivity index is 2.87. The molecular weight excluding hydrogens is 223 g/mol. The lowest BCUT2D eigenvalue weighted by molar-refractivity contribution is 0.0212. The number of hydrogen-bond donors (Lipinski definition) is 2. The summed E-state index contributed by atoms with van der Waals surface area (Å²) in [5.41, 5.74) is 0.0830. The largest absolute Gasteiger partial charge is 0.389 e. The van der Waals surface area contributed by atoms with Gasteiger partial charge in [-0.3, -0.25) is 0 Å². The van der Waals surface area contributed by atoms with E-state index in [1.165, 1.54) is 0 Å². The van der Waals surface area contributed by atoms with Gasteiger partial charge >= 0.3 is 0 Å². The van der Waals surface area contributed by atoms with E-state index in [0.29, 0.717) is 0 Å². The van der Waals surface area contributed by atoms with E-state index in [9.17, 15) is 14.6 Å². The molecule has 0 aliphatic heterocycles. The maximum absolute atomic E-state index is 12.9. The molecule has 4 nitrogen and oxygen atoms in total. The van der Waals surface area contributed by atoms with Gasteiger partial charge < -0.3 is 10.2 Å². The Hall–Kier alpha value is -1.22. The molecule has 0 radical (unpaired) electrons. The van der Waals surface area contributed by atoms with Crippen molar-refractivity contribution in [1.29, 1.82) is 5.26 Å². The minimum absolute atomic E-state index is 0.0830. The van der Waals surface area contributed by atoms with Gasteiger partial charge in [0, 0.05) is 11.8 Å². The number of rotatable bonds is 3. The number of nitrogens with zero attached hydrogens (tertiary/aromatic N) is 2. The average Bonchev–Trinajstić information content (AvgIpc) is 2.21. The molecule has 2 atom stereocenters. The lowest BCUT2D eigenvalue weighted by atomic mass is 10.0. The summed E-state index contributed by atoms with van der Waals surface area (Å²) < 4.78 is 12.9. The second-order valence-corrected chi connectivity index (χ2v) is 3.27. The van der Waals surface area contributed by atoms with Gasteiger partial charge in [-0.25, -0.2) is 9.37 Å². The molecule has 2 unspecified atom stereocenters. The van der Waals surface area contributed by atoms with Crippen LogP contribution in [0, 0.1) is 17.1 Å². The number of aliphatic hydroxyl groups is 2. The van der Waals surface area contributed by atoms with E-state index in [2.05, 4.69) is 4.98 Å². The molecule has 0 aliphatic carbocycles. The zero-order valence-electron chi connectivity index (χ0n) is 7.56. The summed E-state index contributed by atoms with van der Waals surface area (Å²) in [7, 11) is 0. The molecule has 0 aliphatic rings. The molecule has 1 heterocycles. The molecule has 1 rings (SSSR count). The first kappa shape index (κ1) is 11.9. The Bertz CT molecular complexity index is 394. The van der Waals surface area contributed by atoms with E-state index in [4.69, 9.17) is 16.9 Å². The highest BCUT2D eigenvalue weighted by Crippen LogP contribution is 2.21. The van der Waals surface area contributed by atoms with Crippen LogP contribution in [-0.4, -0.2) is 21.3 Å². The maximum atomic E-state index is 12.9. The Morgan fingerprint density at radius 1 is 1.60 bits per heavy atom. The number of pyridine rings is 1. The van der Waals surface area contributed by atoms with Crippen molar-refractivity contribution in [3.05, 3.63) is 28.8 Å². The van der Waals surface area contributed by atoms with Crippen LogP contribution in [-0.2, 0) is 0 Å². The third-order valence-electron chi connectivity index (χ3n) is 1.82. The molecule has 0 bridgehead atoms. The molecule has 0 aromatic carbocycles. The summed E-state index contributed by atoms with van der Waals surface area (Å²) in [4.78, 5) is 3.48. The highest BCUT2D eigenvalue weighted by Gasteiger charge is 2.19. The number of aromatic nitrogens is 1. The van der Waals surface area contributed by atoms with Crippen LogP contribution in [0.1, 0.15) is 18.1 Å². The van der Waals surface area contributed by atoms with Gasteiger partial charge in [0.25, 0.3) is 0 Å². The monoisotopic (exact) mass is 230 g/mol. The molecule has 0 spiro atoms. The molecule has 2 N–H and O–H groups in total. The predicted octanol–water partition coefficient (Wildman–Crippen LogP) is 1.18. The smallest absolute Gasteiger partial charge is 0.164 e. The summed E-state index contributed by atoms with van der Waals surface area (Å²) in [6, 6.07) is 2.67. The zero-order chi connectivity index (χ0) is 11.4. The van der Waals surface area contributed by atoms with E-state index in [1.54, 1.807) is 6.07 Å². The average molecular weight is 231 g/mol. The van der Waals surface area contributed by atoms with Gasteiger partial charge in [-0.05, 0) is 6.07 Å². The molecule has 1 aromatic heterocycles. The summed E-state index contributed by atoms with van der Waals surface area (Å²) in [5, 5.41) is 26.8. The third kappa shape index (κ3) is 2.86. The fourth-order valence-corrected chi connectivity index (χ4v) is 1.13. The van der Waals surface area contributed by atoms with E-state index < -0.39 is 18.0 Å². The Labute approximate surface area is 90.6 Å². The minimum Gasteiger partial charge on any atom is -0.389 e. The van der Waals surface area contributed by atoms with Crippen molar-refractivity contribution in [3.63, 3.8) is 0 Å². The summed E-state index contributed by atoms with van der Waals surface area (Å²) in [5.74, 6) is -0.780. The van der Waals surface area contributed by atoms with Crippen molar-refractivity contribution < 1.29 is 14.6 Å². The van der Waals surface area contributed by atoms with Crippen molar-refractivity contribution in [2.24, 2.45) is 0 Å². The van der Waals surface area contributed by atoms with Crippen LogP contribution >= 0.6 is 11.6 Å². The van der Waals surface area contributed by atoms with Crippen molar-refractivity contribution in [1.82, 2.24) is 4.98 Å². The van der Waals surface area contributed by atoms with Gasteiger partial charge in [0.1, 0.15) is 6.10 Å². The zero-order valence-corrected chi connectivity index (χ0v) is 8.32. The predicted molar refractivity (Wildman–Crippen MR) is 50.4 cm³/mol. The van der Waals surface area contributed by atoms with Gasteiger partial charge in [0.15, 0.2) is 11.0 Å². The van der Waals surface area contributed by atoms with Crippen LogP contribution in [0.25, 0.3) is 0 Å². The van der Waals surface area contributed by atoms with Crippen LogP contribution in [0.5, 0.6) is 0 Å². The van der Waals surface area contributed by atoms with Crippen LogP contribution < -0.4 is 0 Å². The van der Waals surface area contributed by atoms with Crippen LogP contribution in [0.3, 0.4) is 0 Å². The molecular formula is C9H8ClFN2O2. The number of nitriles is 1. The maximum Gasteiger partial charge on any atom is 0.164 e. The second kappa shape index (κ2) is 5.03. The second-order valence-electron chi connectivity index (χ2n) is 2.92. The van der Waals surface area contributed by atoms with Crippen molar-refractivity contribution >= 4 is 11.6 Å². The molecule has 80 valence electrons. The minimum atomic E-state index is -1.34. The van der Waals surface area contributed by atoms with E-state index in [-0.39, 0.29) is 17.1 Å². The van der Waals surface area contributed by atoms with Gasteiger partial charge in [-0.1, -0.05) is 11.6 Å². The first-order chi connectivity index (χ1) is 7.06. The number of halogens is 2. The third-order valence-corrected chi connectivity index (χ3v) is 2.10. The van der Waals surface area contributed by atoms with Crippen LogP contribution in [0.2, 0.25) is 5.15 Å². The number of aliphatic hydroxyl groups excluding tert-OH is 2. The van der Waals surface area contributed by atoms with Crippen LogP contribution in [0.4, 0.5) is 4.39 Å². The van der Waals surface area contributed by atoms with Crippen molar-refractivity contribution in [3.8, 4) is 6.07 Å². The fourth-order valence-electron chi connectivity index (χ4n) is 1.03. The summed E-state index contributed by atoms with van der Waals surface area (Å²) >= 11 is 5.34. The standard InChI is InChI=1S/C9H8ClFN2O2/c10-9-6(11)3-5(4-13-9)8(15)7(14)1-2-12/h3-4,7-8,14-15H,1H2. The number of hydrogen-bond acceptors (Lipinski definition) is 4. The molecule has 1 aromatic rings. The molecule has 0 fully saturated rings. The molecule has 0 amide bonds. The first-order valence-electron chi connectivity index (χ1n) is 4.10. The molecule has 0 saturated heterocycles. The summed E-state index contributed by atoms with van der Waals surface area (Å²) in [6.45, 7) is 0. The van der Waals surface area contributed by atoms with Gasteiger partial charge in [0.2, 0.25) is 0 Å². The lowest BCUT2D eigenvalue weighted by Crippen LogP contribution is -2.17. The Morgan fingerprint density at radius 2 is 2.27 bits per heavy atom. The molecule has 6 heteroatoms. The first-order valence-corrected chi connectivity index (χ1v) is 4.48. The van der Waals surface area contributed by atoms with Gasteiger partial charge in [-0.15, -0.1) is 0 Å². The quantitative estimate of drug-likeness (QED) is 0.765. The fraction of sp³-hybridized carbons (Fsp3) is 0.333. The van der Waals surface area contributed by atoms with Gasteiger partial charge in [0.05, 0.1) is 18.6 Å². The molecule has 15 heavy (non-hydrogen) atoms. The highest BCUT2D eigenvalue weighted by atomic mass is 35.5. The Kier molecular flexibility index (Phi) is 3.97. The van der Waals surface area contributed by atoms with Crippen molar-refractivity contribution in [2.75, 3.05) is 0 Å². The molecule has 0 saturated carbocycles. The van der Waals surface area contributed by atoms with E-state index in [1.807, 2.05) is 0 Å².